The van der Waals surface area contributed by atoms with E-state index in [2.05, 4.69) is 5.32 Å². The van der Waals surface area contributed by atoms with Crippen LogP contribution in [0.5, 0.6) is 5.75 Å². The quantitative estimate of drug-likeness (QED) is 0.833. The van der Waals surface area contributed by atoms with Gasteiger partial charge in [-0.1, -0.05) is 11.6 Å². The molecular formula is C12H18ClNO2. The van der Waals surface area contributed by atoms with E-state index in [1.54, 1.807) is 14.2 Å². The number of benzene rings is 1. The third-order valence-electron chi connectivity index (χ3n) is 2.39. The van der Waals surface area contributed by atoms with Crippen molar-refractivity contribution in [3.05, 3.63) is 28.8 Å². The summed E-state index contributed by atoms with van der Waals surface area (Å²) in [5.41, 5.74) is 1.05. The molecule has 0 heterocycles. The Morgan fingerprint density at radius 2 is 2.12 bits per heavy atom. The molecule has 1 aromatic rings. The predicted octanol–water partition coefficient (Wildman–Crippen LogP) is 2.47. The van der Waals surface area contributed by atoms with E-state index in [-0.39, 0.29) is 6.10 Å². The van der Waals surface area contributed by atoms with Crippen molar-refractivity contribution in [3.63, 3.8) is 0 Å². The molecule has 3 nitrogen and oxygen atoms in total. The Morgan fingerprint density at radius 1 is 1.38 bits per heavy atom. The van der Waals surface area contributed by atoms with Crippen LogP contribution in [0.4, 0.5) is 0 Å². The molecule has 0 spiro atoms. The highest BCUT2D eigenvalue weighted by molar-refractivity contribution is 6.30. The second-order valence-corrected chi connectivity index (χ2v) is 4.07. The van der Waals surface area contributed by atoms with Gasteiger partial charge in [0.25, 0.3) is 0 Å². The van der Waals surface area contributed by atoms with Gasteiger partial charge in [-0.15, -0.1) is 0 Å². The molecule has 0 aliphatic heterocycles. The molecule has 0 saturated carbocycles. The molecule has 0 fully saturated rings. The Morgan fingerprint density at radius 3 is 2.75 bits per heavy atom. The second-order valence-electron chi connectivity index (χ2n) is 3.63. The minimum atomic E-state index is 0.199. The van der Waals surface area contributed by atoms with Crippen molar-refractivity contribution in [1.29, 1.82) is 0 Å². The molecule has 0 bridgehead atoms. The number of hydrogen-bond donors (Lipinski definition) is 1. The van der Waals surface area contributed by atoms with Crippen LogP contribution >= 0.6 is 11.6 Å². The summed E-state index contributed by atoms with van der Waals surface area (Å²) in [4.78, 5) is 0. The zero-order valence-corrected chi connectivity index (χ0v) is 10.7. The molecule has 1 N–H and O–H groups in total. The highest BCUT2D eigenvalue weighted by atomic mass is 35.5. The summed E-state index contributed by atoms with van der Waals surface area (Å²) in [7, 11) is 3.36. The molecule has 1 aromatic carbocycles. The third-order valence-corrected chi connectivity index (χ3v) is 2.63. The molecule has 0 aliphatic rings. The van der Waals surface area contributed by atoms with Crippen molar-refractivity contribution in [2.75, 3.05) is 20.8 Å². The SMILES string of the molecule is COc1ccc(Cl)cc1CNCC(C)OC. The lowest BCUT2D eigenvalue weighted by molar-refractivity contribution is 0.117. The van der Waals surface area contributed by atoms with Crippen LogP contribution in [0.15, 0.2) is 18.2 Å². The van der Waals surface area contributed by atoms with Crippen molar-refractivity contribution < 1.29 is 9.47 Å². The summed E-state index contributed by atoms with van der Waals surface area (Å²) in [6.07, 6.45) is 0.199. The van der Waals surface area contributed by atoms with Crippen molar-refractivity contribution >= 4 is 11.6 Å². The van der Waals surface area contributed by atoms with Gasteiger partial charge in [-0.3, -0.25) is 0 Å². The maximum atomic E-state index is 5.93. The summed E-state index contributed by atoms with van der Waals surface area (Å²) in [5.74, 6) is 0.849. The summed E-state index contributed by atoms with van der Waals surface area (Å²) >= 11 is 5.93. The van der Waals surface area contributed by atoms with E-state index in [1.807, 2.05) is 25.1 Å². The molecule has 4 heteroatoms. The Labute approximate surface area is 102 Å². The van der Waals surface area contributed by atoms with E-state index in [1.165, 1.54) is 0 Å². The Bertz CT molecular complexity index is 331. The molecule has 0 amide bonds. The molecule has 16 heavy (non-hydrogen) atoms. The molecule has 1 unspecified atom stereocenters. The van der Waals surface area contributed by atoms with Crippen molar-refractivity contribution in [2.24, 2.45) is 0 Å². The van der Waals surface area contributed by atoms with Gasteiger partial charge >= 0.3 is 0 Å². The zero-order chi connectivity index (χ0) is 12.0. The minimum Gasteiger partial charge on any atom is -0.496 e. The number of rotatable bonds is 6. The monoisotopic (exact) mass is 243 g/mol. The second kappa shape index (κ2) is 6.74. The summed E-state index contributed by atoms with van der Waals surface area (Å²) in [6, 6.07) is 5.60. The van der Waals surface area contributed by atoms with Gasteiger partial charge in [0.1, 0.15) is 5.75 Å². The average molecular weight is 244 g/mol. The lowest BCUT2D eigenvalue weighted by Crippen LogP contribution is -2.25. The molecule has 90 valence electrons. The largest absolute Gasteiger partial charge is 0.496 e. The van der Waals surface area contributed by atoms with Crippen LogP contribution in [0.3, 0.4) is 0 Å². The Kier molecular flexibility index (Phi) is 5.60. The first-order valence-corrected chi connectivity index (χ1v) is 5.61. The first kappa shape index (κ1) is 13.3. The zero-order valence-electron chi connectivity index (χ0n) is 9.92. The van der Waals surface area contributed by atoms with E-state index < -0.39 is 0 Å². The van der Waals surface area contributed by atoms with Crippen molar-refractivity contribution in [1.82, 2.24) is 5.32 Å². The maximum absolute atomic E-state index is 5.93. The van der Waals surface area contributed by atoms with E-state index in [0.29, 0.717) is 0 Å². The van der Waals surface area contributed by atoms with Crippen molar-refractivity contribution in [2.45, 2.75) is 19.6 Å². The fourth-order valence-electron chi connectivity index (χ4n) is 1.38. The lowest BCUT2D eigenvalue weighted by Gasteiger charge is -2.13. The summed E-state index contributed by atoms with van der Waals surface area (Å²) in [6.45, 7) is 3.53. The topological polar surface area (TPSA) is 30.5 Å². The van der Waals surface area contributed by atoms with Crippen LogP contribution in [0.25, 0.3) is 0 Å². The highest BCUT2D eigenvalue weighted by Crippen LogP contribution is 2.22. The van der Waals surface area contributed by atoms with E-state index >= 15 is 0 Å². The van der Waals surface area contributed by atoms with Gasteiger partial charge in [-0.2, -0.15) is 0 Å². The third kappa shape index (κ3) is 4.00. The Hall–Kier alpha value is -0.770. The molecule has 1 atom stereocenters. The molecule has 0 saturated heterocycles. The maximum Gasteiger partial charge on any atom is 0.123 e. The van der Waals surface area contributed by atoms with Crippen LogP contribution in [0.2, 0.25) is 5.02 Å². The fraction of sp³-hybridized carbons (Fsp3) is 0.500. The van der Waals surface area contributed by atoms with E-state index in [0.717, 1.165) is 29.4 Å². The average Bonchev–Trinajstić information content (AvgIpc) is 2.29. The van der Waals surface area contributed by atoms with Crippen LogP contribution < -0.4 is 10.1 Å². The molecule has 0 aliphatic carbocycles. The van der Waals surface area contributed by atoms with Crippen LogP contribution in [0, 0.1) is 0 Å². The Balaban J connectivity index is 2.55. The number of hydrogen-bond acceptors (Lipinski definition) is 3. The van der Waals surface area contributed by atoms with Crippen LogP contribution in [0.1, 0.15) is 12.5 Å². The van der Waals surface area contributed by atoms with Gasteiger partial charge in [0.15, 0.2) is 0 Å². The number of nitrogens with one attached hydrogen (secondary N) is 1. The van der Waals surface area contributed by atoms with Gasteiger partial charge in [0.2, 0.25) is 0 Å². The smallest absolute Gasteiger partial charge is 0.123 e. The molecule has 0 aromatic heterocycles. The summed E-state index contributed by atoms with van der Waals surface area (Å²) in [5, 5.41) is 4.01. The first-order chi connectivity index (χ1) is 7.67. The first-order valence-electron chi connectivity index (χ1n) is 5.23. The van der Waals surface area contributed by atoms with Crippen molar-refractivity contribution in [3.8, 4) is 5.75 Å². The molecular weight excluding hydrogens is 226 g/mol. The van der Waals surface area contributed by atoms with E-state index in [9.17, 15) is 0 Å². The highest BCUT2D eigenvalue weighted by Gasteiger charge is 2.04. The van der Waals surface area contributed by atoms with Gasteiger partial charge in [-0.25, -0.2) is 0 Å². The minimum absolute atomic E-state index is 0.199. The summed E-state index contributed by atoms with van der Waals surface area (Å²) < 4.78 is 10.4. The number of methoxy groups -OCH3 is 2. The van der Waals surface area contributed by atoms with Gasteiger partial charge in [0, 0.05) is 30.8 Å². The molecule has 1 rings (SSSR count). The van der Waals surface area contributed by atoms with Gasteiger partial charge in [-0.05, 0) is 25.1 Å². The lowest BCUT2D eigenvalue weighted by atomic mass is 10.2. The molecule has 0 radical (unpaired) electrons. The van der Waals surface area contributed by atoms with Crippen LogP contribution in [-0.2, 0) is 11.3 Å². The van der Waals surface area contributed by atoms with Gasteiger partial charge < -0.3 is 14.8 Å². The number of halogens is 1. The predicted molar refractivity (Wildman–Crippen MR) is 66.2 cm³/mol. The fourth-order valence-corrected chi connectivity index (χ4v) is 1.57. The van der Waals surface area contributed by atoms with Crippen LogP contribution in [-0.4, -0.2) is 26.9 Å². The van der Waals surface area contributed by atoms with Gasteiger partial charge in [0.05, 0.1) is 13.2 Å². The number of ether oxygens (including phenoxy) is 2. The standard InChI is InChI=1S/C12H18ClNO2/c1-9(15-2)7-14-8-10-6-11(13)4-5-12(10)16-3/h4-6,9,14H,7-8H2,1-3H3. The van der Waals surface area contributed by atoms with E-state index in [4.69, 9.17) is 21.1 Å². The normalized spacial score (nSPS) is 12.5.